The summed E-state index contributed by atoms with van der Waals surface area (Å²) in [6, 6.07) is 17.7. The van der Waals surface area contributed by atoms with E-state index in [0.717, 1.165) is 6.42 Å². The van der Waals surface area contributed by atoms with E-state index in [0.29, 0.717) is 0 Å². The van der Waals surface area contributed by atoms with Crippen molar-refractivity contribution in [1.82, 2.24) is 4.90 Å². The van der Waals surface area contributed by atoms with Crippen LogP contribution in [0.1, 0.15) is 17.5 Å². The Bertz CT molecular complexity index is 842. The molecular formula is C25H31N3. The number of rotatable bonds is 5. The fraction of sp³-hybridized carbons (Fsp3) is 0.280. The molecule has 3 heteroatoms. The second-order valence-electron chi connectivity index (χ2n) is 7.84. The fourth-order valence-electron chi connectivity index (χ4n) is 3.44. The highest BCUT2D eigenvalue weighted by Gasteiger charge is 2.13. The molecule has 0 saturated carbocycles. The van der Waals surface area contributed by atoms with Crippen LogP contribution in [0.4, 0.5) is 11.4 Å². The van der Waals surface area contributed by atoms with E-state index in [4.69, 9.17) is 0 Å². The first-order valence-electron chi connectivity index (χ1n) is 9.71. The SMILES string of the molecule is CN(C)C1=CCC(=C(c2ccc(N(C)C)cc2)c2ccc(N(C)C)cc2)C=C1. The minimum Gasteiger partial charge on any atom is -0.378 e. The van der Waals surface area contributed by atoms with Gasteiger partial charge in [0.25, 0.3) is 0 Å². The lowest BCUT2D eigenvalue weighted by Crippen LogP contribution is -2.11. The molecule has 0 aromatic heterocycles. The van der Waals surface area contributed by atoms with E-state index in [1.807, 2.05) is 0 Å². The summed E-state index contributed by atoms with van der Waals surface area (Å²) < 4.78 is 0. The van der Waals surface area contributed by atoms with Gasteiger partial charge in [0.2, 0.25) is 0 Å². The van der Waals surface area contributed by atoms with Gasteiger partial charge < -0.3 is 14.7 Å². The maximum atomic E-state index is 2.30. The predicted octanol–water partition coefficient (Wildman–Crippen LogP) is 5.03. The van der Waals surface area contributed by atoms with Gasteiger partial charge in [-0.05, 0) is 59.0 Å². The standard InChI is InChI=1S/C25H31N3/c1-26(2)22-13-7-19(8-14-22)25(20-9-15-23(16-10-20)27(3)4)21-11-17-24(18-12-21)28(5)6/h7-11,13-18H,12H2,1-6H3. The van der Waals surface area contributed by atoms with E-state index >= 15 is 0 Å². The zero-order valence-electron chi connectivity index (χ0n) is 17.9. The van der Waals surface area contributed by atoms with Crippen LogP contribution in [0, 0.1) is 0 Å². The van der Waals surface area contributed by atoms with Crippen LogP contribution in [-0.4, -0.2) is 47.2 Å². The van der Waals surface area contributed by atoms with Gasteiger partial charge in [0, 0.05) is 59.4 Å². The first-order valence-corrected chi connectivity index (χ1v) is 9.71. The normalized spacial score (nSPS) is 13.2. The Morgan fingerprint density at radius 2 is 1.07 bits per heavy atom. The molecule has 0 atom stereocenters. The van der Waals surface area contributed by atoms with Crippen molar-refractivity contribution < 1.29 is 0 Å². The van der Waals surface area contributed by atoms with Crippen LogP contribution < -0.4 is 9.80 Å². The average molecular weight is 374 g/mol. The van der Waals surface area contributed by atoms with Gasteiger partial charge in [0.05, 0.1) is 0 Å². The van der Waals surface area contributed by atoms with Gasteiger partial charge in [0.1, 0.15) is 0 Å². The molecule has 0 spiro atoms. The summed E-state index contributed by atoms with van der Waals surface area (Å²) in [5, 5.41) is 0. The lowest BCUT2D eigenvalue weighted by molar-refractivity contribution is 0.526. The number of anilines is 2. The van der Waals surface area contributed by atoms with Crippen molar-refractivity contribution in [2.75, 3.05) is 52.1 Å². The van der Waals surface area contributed by atoms with Crippen molar-refractivity contribution in [1.29, 1.82) is 0 Å². The summed E-state index contributed by atoms with van der Waals surface area (Å²) in [5.74, 6) is 0. The van der Waals surface area contributed by atoms with Crippen LogP contribution in [0.2, 0.25) is 0 Å². The molecule has 0 heterocycles. The third-order valence-electron chi connectivity index (χ3n) is 5.17. The molecule has 0 bridgehead atoms. The Balaban J connectivity index is 2.07. The number of nitrogens with zero attached hydrogens (tertiary/aromatic N) is 3. The molecule has 1 aliphatic rings. The highest BCUT2D eigenvalue weighted by atomic mass is 15.1. The number of benzene rings is 2. The molecule has 0 saturated heterocycles. The average Bonchev–Trinajstić information content (AvgIpc) is 2.69. The molecule has 0 radical (unpaired) electrons. The molecule has 28 heavy (non-hydrogen) atoms. The first-order chi connectivity index (χ1) is 13.4. The van der Waals surface area contributed by atoms with Crippen molar-refractivity contribution in [3.8, 4) is 0 Å². The van der Waals surface area contributed by atoms with E-state index in [1.54, 1.807) is 0 Å². The molecule has 3 nitrogen and oxygen atoms in total. The van der Waals surface area contributed by atoms with E-state index in [9.17, 15) is 0 Å². The van der Waals surface area contributed by atoms with Gasteiger partial charge in [-0.15, -0.1) is 0 Å². The van der Waals surface area contributed by atoms with Gasteiger partial charge in [-0.1, -0.05) is 36.4 Å². The van der Waals surface area contributed by atoms with Crippen LogP contribution in [-0.2, 0) is 0 Å². The zero-order chi connectivity index (χ0) is 20.3. The third kappa shape index (κ3) is 4.30. The van der Waals surface area contributed by atoms with Crippen molar-refractivity contribution in [2.24, 2.45) is 0 Å². The second kappa shape index (κ2) is 8.39. The van der Waals surface area contributed by atoms with Crippen molar-refractivity contribution in [3.63, 3.8) is 0 Å². The topological polar surface area (TPSA) is 9.72 Å². The van der Waals surface area contributed by atoms with Crippen LogP contribution in [0.25, 0.3) is 5.57 Å². The number of allylic oxidation sites excluding steroid dienone is 4. The van der Waals surface area contributed by atoms with Crippen molar-refractivity contribution in [3.05, 3.63) is 89.2 Å². The van der Waals surface area contributed by atoms with Crippen LogP contribution in [0.15, 0.2) is 78.0 Å². The number of hydrogen-bond donors (Lipinski definition) is 0. The summed E-state index contributed by atoms with van der Waals surface area (Å²) in [6.45, 7) is 0. The van der Waals surface area contributed by atoms with Crippen molar-refractivity contribution >= 4 is 16.9 Å². The Morgan fingerprint density at radius 3 is 1.39 bits per heavy atom. The Kier molecular flexibility index (Phi) is 5.93. The quantitative estimate of drug-likeness (QED) is 0.728. The minimum absolute atomic E-state index is 0.935. The summed E-state index contributed by atoms with van der Waals surface area (Å²) in [7, 11) is 12.5. The smallest absolute Gasteiger partial charge is 0.0361 e. The van der Waals surface area contributed by atoms with Gasteiger partial charge >= 0.3 is 0 Å². The number of likely N-dealkylation sites (N-methyl/N-ethyl adjacent to an activating group) is 1. The summed E-state index contributed by atoms with van der Waals surface area (Å²) in [5.41, 5.74) is 8.85. The molecule has 146 valence electrons. The summed E-state index contributed by atoms with van der Waals surface area (Å²) in [4.78, 5) is 6.43. The maximum absolute atomic E-state index is 2.30. The van der Waals surface area contributed by atoms with Gasteiger partial charge in [-0.3, -0.25) is 0 Å². The fourth-order valence-corrected chi connectivity index (χ4v) is 3.44. The monoisotopic (exact) mass is 373 g/mol. The van der Waals surface area contributed by atoms with Crippen LogP contribution in [0.3, 0.4) is 0 Å². The lowest BCUT2D eigenvalue weighted by Gasteiger charge is -2.21. The van der Waals surface area contributed by atoms with Crippen LogP contribution in [0.5, 0.6) is 0 Å². The molecule has 2 aromatic rings. The molecular weight excluding hydrogens is 342 g/mol. The summed E-state index contributed by atoms with van der Waals surface area (Å²) in [6.07, 6.45) is 7.72. The largest absolute Gasteiger partial charge is 0.378 e. The minimum atomic E-state index is 0.935. The van der Waals surface area contributed by atoms with E-state index < -0.39 is 0 Å². The summed E-state index contributed by atoms with van der Waals surface area (Å²) >= 11 is 0. The molecule has 0 unspecified atom stereocenters. The van der Waals surface area contributed by atoms with E-state index in [1.165, 1.54) is 39.3 Å². The predicted molar refractivity (Wildman–Crippen MR) is 123 cm³/mol. The molecule has 0 N–H and O–H groups in total. The van der Waals surface area contributed by atoms with Crippen molar-refractivity contribution in [2.45, 2.75) is 6.42 Å². The van der Waals surface area contributed by atoms with Gasteiger partial charge in [0.15, 0.2) is 0 Å². The number of hydrogen-bond acceptors (Lipinski definition) is 3. The van der Waals surface area contributed by atoms with E-state index in [2.05, 4.69) is 124 Å². The van der Waals surface area contributed by atoms with E-state index in [-0.39, 0.29) is 0 Å². The molecule has 0 amide bonds. The lowest BCUT2D eigenvalue weighted by atomic mass is 9.89. The Hall–Kier alpha value is -2.94. The third-order valence-corrected chi connectivity index (χ3v) is 5.17. The molecule has 1 aliphatic carbocycles. The van der Waals surface area contributed by atoms with Gasteiger partial charge in [-0.25, -0.2) is 0 Å². The molecule has 3 rings (SSSR count). The van der Waals surface area contributed by atoms with Crippen LogP contribution >= 0.6 is 0 Å². The maximum Gasteiger partial charge on any atom is 0.0361 e. The Morgan fingerprint density at radius 1 is 0.607 bits per heavy atom. The highest BCUT2D eigenvalue weighted by Crippen LogP contribution is 2.33. The zero-order valence-corrected chi connectivity index (χ0v) is 17.9. The molecule has 0 fully saturated rings. The Labute approximate surface area is 169 Å². The molecule has 2 aromatic carbocycles. The van der Waals surface area contributed by atoms with Gasteiger partial charge in [-0.2, -0.15) is 0 Å². The highest BCUT2D eigenvalue weighted by molar-refractivity contribution is 5.85. The second-order valence-corrected chi connectivity index (χ2v) is 7.84. The molecule has 0 aliphatic heterocycles. The first kappa shape index (κ1) is 19.8.